The average molecular weight is 457 g/mol. The van der Waals surface area contributed by atoms with E-state index in [0.29, 0.717) is 18.7 Å². The number of likely N-dealkylation sites (N-methyl/N-ethyl adjacent to an activating group) is 1. The van der Waals surface area contributed by atoms with E-state index in [1.807, 2.05) is 36.0 Å². The molecule has 2 aliphatic heterocycles. The van der Waals surface area contributed by atoms with Gasteiger partial charge in [0.1, 0.15) is 5.82 Å². The number of halogens is 1. The third-order valence-electron chi connectivity index (χ3n) is 6.32. The summed E-state index contributed by atoms with van der Waals surface area (Å²) in [5.41, 5.74) is 2.86. The lowest BCUT2D eigenvalue weighted by atomic mass is 10.1. The van der Waals surface area contributed by atoms with E-state index in [9.17, 15) is 9.18 Å². The van der Waals surface area contributed by atoms with Crippen molar-refractivity contribution >= 4 is 23.4 Å². The maximum atomic E-state index is 13.2. The summed E-state index contributed by atoms with van der Waals surface area (Å²) < 4.78 is 13.2. The molecule has 0 radical (unpaired) electrons. The predicted molar refractivity (Wildman–Crippen MR) is 130 cm³/mol. The molecule has 0 aromatic heterocycles. The number of rotatable bonds is 8. The average Bonchev–Trinajstić information content (AvgIpc) is 2.83. The molecule has 5 nitrogen and oxygen atoms in total. The molecule has 1 amide bonds. The van der Waals surface area contributed by atoms with Crippen molar-refractivity contribution in [3.8, 4) is 0 Å². The van der Waals surface area contributed by atoms with Crippen LogP contribution in [0.5, 0.6) is 0 Å². The van der Waals surface area contributed by atoms with Crippen LogP contribution < -0.4 is 10.2 Å². The van der Waals surface area contributed by atoms with Crippen LogP contribution in [0.15, 0.2) is 47.4 Å². The molecule has 2 heterocycles. The van der Waals surface area contributed by atoms with E-state index in [4.69, 9.17) is 0 Å². The minimum Gasteiger partial charge on any atom is -0.365 e. The first-order valence-corrected chi connectivity index (χ1v) is 12.6. The van der Waals surface area contributed by atoms with Gasteiger partial charge in [-0.1, -0.05) is 19.1 Å². The normalized spacial score (nSPS) is 17.2. The SMILES string of the molecule is CCN1CCN(CCCNC(=O)c2ccc3c(c2)N(Cc2ccc(F)cc2)CCS3)CC1. The zero-order chi connectivity index (χ0) is 22.3. The second-order valence-corrected chi connectivity index (χ2v) is 9.60. The number of hydrogen-bond acceptors (Lipinski definition) is 5. The van der Waals surface area contributed by atoms with E-state index >= 15 is 0 Å². The van der Waals surface area contributed by atoms with E-state index < -0.39 is 0 Å². The van der Waals surface area contributed by atoms with Crippen molar-refractivity contribution in [3.63, 3.8) is 0 Å². The van der Waals surface area contributed by atoms with Gasteiger partial charge in [-0.15, -0.1) is 11.8 Å². The molecule has 32 heavy (non-hydrogen) atoms. The van der Waals surface area contributed by atoms with E-state index in [1.165, 1.54) is 17.0 Å². The molecule has 2 aromatic carbocycles. The van der Waals surface area contributed by atoms with Crippen LogP contribution in [-0.2, 0) is 6.54 Å². The van der Waals surface area contributed by atoms with Gasteiger partial charge in [-0.2, -0.15) is 0 Å². The van der Waals surface area contributed by atoms with Crippen molar-refractivity contribution in [1.29, 1.82) is 0 Å². The lowest BCUT2D eigenvalue weighted by Crippen LogP contribution is -2.46. The largest absolute Gasteiger partial charge is 0.365 e. The minimum atomic E-state index is -0.217. The summed E-state index contributed by atoms with van der Waals surface area (Å²) in [5.74, 6) is 0.776. The Morgan fingerprint density at radius 1 is 1.03 bits per heavy atom. The van der Waals surface area contributed by atoms with Gasteiger partial charge in [-0.3, -0.25) is 4.79 Å². The Morgan fingerprint density at radius 2 is 1.78 bits per heavy atom. The summed E-state index contributed by atoms with van der Waals surface area (Å²) >= 11 is 1.82. The van der Waals surface area contributed by atoms with Crippen molar-refractivity contribution in [1.82, 2.24) is 15.1 Å². The highest BCUT2D eigenvalue weighted by Gasteiger charge is 2.20. The van der Waals surface area contributed by atoms with E-state index in [-0.39, 0.29) is 11.7 Å². The molecule has 4 rings (SSSR count). The van der Waals surface area contributed by atoms with Gasteiger partial charge in [0, 0.05) is 62.0 Å². The standard InChI is InChI=1S/C25H33FN4OS/c1-2-28-12-14-29(15-13-28)11-3-10-27-25(31)21-6-9-24-23(18-21)30(16-17-32-24)19-20-4-7-22(26)8-5-20/h4-9,18H,2-3,10-17,19H2,1H3,(H,27,31). The van der Waals surface area contributed by atoms with Crippen molar-refractivity contribution in [2.45, 2.75) is 24.8 Å². The Hall–Kier alpha value is -2.09. The summed E-state index contributed by atoms with van der Waals surface area (Å²) in [4.78, 5) is 21.2. The van der Waals surface area contributed by atoms with Gasteiger partial charge < -0.3 is 20.0 Å². The van der Waals surface area contributed by atoms with Crippen LogP contribution in [0.4, 0.5) is 10.1 Å². The number of amides is 1. The molecule has 2 aromatic rings. The number of hydrogen-bond donors (Lipinski definition) is 1. The first-order chi connectivity index (χ1) is 15.6. The van der Waals surface area contributed by atoms with Gasteiger partial charge in [0.2, 0.25) is 0 Å². The first-order valence-electron chi connectivity index (χ1n) is 11.6. The van der Waals surface area contributed by atoms with E-state index in [0.717, 1.165) is 69.2 Å². The summed E-state index contributed by atoms with van der Waals surface area (Å²) in [7, 11) is 0. The molecular weight excluding hydrogens is 423 g/mol. The fourth-order valence-corrected chi connectivity index (χ4v) is 5.36. The highest BCUT2D eigenvalue weighted by atomic mass is 32.2. The van der Waals surface area contributed by atoms with Gasteiger partial charge in [0.25, 0.3) is 5.91 Å². The van der Waals surface area contributed by atoms with Crippen LogP contribution in [-0.4, -0.2) is 73.8 Å². The van der Waals surface area contributed by atoms with Gasteiger partial charge >= 0.3 is 0 Å². The third-order valence-corrected chi connectivity index (χ3v) is 7.36. The number of carbonyl (C=O) groups excluding carboxylic acids is 1. The molecule has 0 saturated carbocycles. The summed E-state index contributed by atoms with van der Waals surface area (Å²) in [6.45, 7) is 11.2. The second-order valence-electron chi connectivity index (χ2n) is 8.46. The van der Waals surface area contributed by atoms with Crippen LogP contribution in [0.1, 0.15) is 29.3 Å². The minimum absolute atomic E-state index is 0.0130. The Bertz CT molecular complexity index is 899. The smallest absolute Gasteiger partial charge is 0.251 e. The molecule has 0 unspecified atom stereocenters. The van der Waals surface area contributed by atoms with Gasteiger partial charge in [-0.05, 0) is 55.4 Å². The summed E-state index contributed by atoms with van der Waals surface area (Å²) in [6.07, 6.45) is 0.968. The Kier molecular flexibility index (Phi) is 8.05. The third kappa shape index (κ3) is 6.03. The highest BCUT2D eigenvalue weighted by Crippen LogP contribution is 2.36. The van der Waals surface area contributed by atoms with Crippen LogP contribution in [0.25, 0.3) is 0 Å². The number of nitrogens with one attached hydrogen (secondary N) is 1. The summed E-state index contributed by atoms with van der Waals surface area (Å²) in [5, 5.41) is 3.09. The van der Waals surface area contributed by atoms with Crippen LogP contribution in [0.3, 0.4) is 0 Å². The molecule has 2 aliphatic rings. The zero-order valence-corrected chi connectivity index (χ0v) is 19.7. The van der Waals surface area contributed by atoms with Crippen LogP contribution in [0, 0.1) is 5.82 Å². The second kappa shape index (κ2) is 11.2. The number of piperazine rings is 1. The highest BCUT2D eigenvalue weighted by molar-refractivity contribution is 7.99. The summed E-state index contributed by atoms with van der Waals surface area (Å²) in [6, 6.07) is 12.6. The van der Waals surface area contributed by atoms with Crippen LogP contribution >= 0.6 is 11.8 Å². The zero-order valence-electron chi connectivity index (χ0n) is 18.9. The quantitative estimate of drug-likeness (QED) is 0.614. The van der Waals surface area contributed by atoms with Gasteiger partial charge in [0.15, 0.2) is 0 Å². The Balaban J connectivity index is 1.30. The first kappa shape index (κ1) is 23.1. The molecule has 172 valence electrons. The molecule has 0 bridgehead atoms. The Labute approximate surface area is 195 Å². The number of carbonyl (C=O) groups is 1. The van der Waals surface area contributed by atoms with Gasteiger partial charge in [-0.25, -0.2) is 4.39 Å². The van der Waals surface area contributed by atoms with Gasteiger partial charge in [0.05, 0.1) is 5.69 Å². The number of fused-ring (bicyclic) bond motifs is 1. The van der Waals surface area contributed by atoms with Crippen molar-refractivity contribution < 1.29 is 9.18 Å². The van der Waals surface area contributed by atoms with Crippen LogP contribution in [0.2, 0.25) is 0 Å². The fourth-order valence-electron chi connectivity index (χ4n) is 4.32. The number of nitrogens with zero attached hydrogens (tertiary/aromatic N) is 3. The molecule has 1 N–H and O–H groups in total. The maximum Gasteiger partial charge on any atom is 0.251 e. The topological polar surface area (TPSA) is 38.8 Å². The lowest BCUT2D eigenvalue weighted by Gasteiger charge is -2.34. The molecule has 0 aliphatic carbocycles. The number of benzene rings is 2. The van der Waals surface area contributed by atoms with Crippen molar-refractivity contribution in [2.75, 3.05) is 63.0 Å². The molecule has 7 heteroatoms. The number of anilines is 1. The molecule has 1 saturated heterocycles. The predicted octanol–water partition coefficient (Wildman–Crippen LogP) is 3.70. The maximum absolute atomic E-state index is 13.2. The van der Waals surface area contributed by atoms with E-state index in [1.54, 1.807) is 0 Å². The van der Waals surface area contributed by atoms with Crippen molar-refractivity contribution in [3.05, 3.63) is 59.4 Å². The molecule has 0 atom stereocenters. The van der Waals surface area contributed by atoms with E-state index in [2.05, 4.69) is 33.0 Å². The lowest BCUT2D eigenvalue weighted by molar-refractivity contribution is 0.0948. The molecule has 0 spiro atoms. The van der Waals surface area contributed by atoms with Crippen molar-refractivity contribution in [2.24, 2.45) is 0 Å². The number of thioether (sulfide) groups is 1. The molecular formula is C25H33FN4OS. The monoisotopic (exact) mass is 456 g/mol. The fraction of sp³-hybridized carbons (Fsp3) is 0.480. The molecule has 1 fully saturated rings. The Morgan fingerprint density at radius 3 is 2.53 bits per heavy atom.